The Balaban J connectivity index is 0.909. The van der Waals surface area contributed by atoms with E-state index in [0.29, 0.717) is 17.5 Å². The van der Waals surface area contributed by atoms with Crippen molar-refractivity contribution >= 4 is 32.3 Å². The first-order valence-electron chi connectivity index (χ1n) is 21.4. The minimum atomic E-state index is 0.159. The first-order chi connectivity index (χ1) is 29.5. The summed E-state index contributed by atoms with van der Waals surface area (Å²) >= 11 is 0. The van der Waals surface area contributed by atoms with Gasteiger partial charge < -0.3 is 0 Å². The predicted molar refractivity (Wildman–Crippen MR) is 243 cm³/mol. The van der Waals surface area contributed by atoms with Gasteiger partial charge in [-0.1, -0.05) is 164 Å². The number of nitriles is 1. The van der Waals surface area contributed by atoms with E-state index in [-0.39, 0.29) is 10.8 Å². The fourth-order valence-corrected chi connectivity index (χ4v) is 12.2. The van der Waals surface area contributed by atoms with Crippen molar-refractivity contribution in [3.63, 3.8) is 0 Å². The van der Waals surface area contributed by atoms with Crippen LogP contribution in [0.1, 0.15) is 55.2 Å². The van der Waals surface area contributed by atoms with Crippen LogP contribution >= 0.6 is 0 Å². The highest BCUT2D eigenvalue weighted by Gasteiger charge is 2.58. The van der Waals surface area contributed by atoms with E-state index in [1.807, 2.05) is 12.1 Å². The van der Waals surface area contributed by atoms with Crippen LogP contribution in [0.2, 0.25) is 0 Å². The van der Waals surface area contributed by atoms with Crippen LogP contribution in [-0.4, -0.2) is 15.0 Å². The van der Waals surface area contributed by atoms with Crippen LogP contribution in [0.25, 0.3) is 77.6 Å². The zero-order valence-electron chi connectivity index (χ0n) is 33.4. The molecule has 9 aromatic rings. The van der Waals surface area contributed by atoms with Crippen molar-refractivity contribution in [3.8, 4) is 51.4 Å². The summed E-state index contributed by atoms with van der Waals surface area (Å²) < 4.78 is 0. The van der Waals surface area contributed by atoms with Crippen molar-refractivity contribution in [2.75, 3.05) is 0 Å². The Labute approximate surface area is 350 Å². The Kier molecular flexibility index (Phi) is 7.91. The Morgan fingerprint density at radius 1 is 0.417 bits per heavy atom. The third-order valence-electron chi connectivity index (χ3n) is 14.4. The molecule has 4 aliphatic carbocycles. The normalized spacial score (nSPS) is 21.7. The number of benzene rings is 8. The third-order valence-corrected chi connectivity index (χ3v) is 14.4. The summed E-state index contributed by atoms with van der Waals surface area (Å²) in [5.41, 5.74) is 9.44. The maximum Gasteiger partial charge on any atom is 0.164 e. The maximum atomic E-state index is 9.75. The van der Waals surface area contributed by atoms with E-state index in [9.17, 15) is 5.26 Å². The highest BCUT2D eigenvalue weighted by molar-refractivity contribution is 6.00. The first-order valence-corrected chi connectivity index (χ1v) is 21.4. The van der Waals surface area contributed by atoms with E-state index in [1.54, 1.807) is 0 Å². The number of hydrogen-bond donors (Lipinski definition) is 0. The van der Waals surface area contributed by atoms with E-state index in [1.165, 1.54) is 60.8 Å². The summed E-state index contributed by atoms with van der Waals surface area (Å²) in [6, 6.07) is 63.3. The lowest BCUT2D eigenvalue weighted by Gasteiger charge is -2.63. The van der Waals surface area contributed by atoms with Crippen LogP contribution in [0.15, 0.2) is 170 Å². The second kappa shape index (κ2) is 13.5. The summed E-state index contributed by atoms with van der Waals surface area (Å²) in [4.78, 5) is 15.6. The molecule has 4 bridgehead atoms. The van der Waals surface area contributed by atoms with Crippen LogP contribution in [-0.2, 0) is 10.8 Å². The molecule has 2 atom stereocenters. The van der Waals surface area contributed by atoms with Gasteiger partial charge in [0.15, 0.2) is 17.5 Å². The molecule has 0 radical (unpaired) electrons. The number of nitrogens with zero attached hydrogens (tertiary/aromatic N) is 4. The molecule has 0 amide bonds. The van der Waals surface area contributed by atoms with Crippen molar-refractivity contribution in [1.29, 1.82) is 5.26 Å². The molecule has 13 rings (SSSR count). The number of hydrogen-bond acceptors (Lipinski definition) is 4. The topological polar surface area (TPSA) is 62.5 Å². The van der Waals surface area contributed by atoms with Crippen molar-refractivity contribution < 1.29 is 0 Å². The molecule has 4 fully saturated rings. The summed E-state index contributed by atoms with van der Waals surface area (Å²) in [5.74, 6) is 3.54. The van der Waals surface area contributed by atoms with Crippen molar-refractivity contribution in [2.45, 2.75) is 49.4 Å². The Bertz CT molecular complexity index is 3070. The lowest BCUT2D eigenvalue weighted by Crippen LogP contribution is -2.55. The van der Waals surface area contributed by atoms with Crippen LogP contribution < -0.4 is 0 Å². The molecule has 0 aliphatic heterocycles. The van der Waals surface area contributed by atoms with E-state index in [4.69, 9.17) is 15.0 Å². The van der Waals surface area contributed by atoms with Gasteiger partial charge in [-0.25, -0.2) is 15.0 Å². The van der Waals surface area contributed by atoms with E-state index >= 15 is 0 Å². The monoisotopic (exact) mass is 770 g/mol. The van der Waals surface area contributed by atoms with E-state index in [2.05, 4.69) is 164 Å². The average molecular weight is 771 g/mol. The van der Waals surface area contributed by atoms with Gasteiger partial charge in [0.25, 0.3) is 0 Å². The van der Waals surface area contributed by atoms with E-state index in [0.717, 1.165) is 66.4 Å². The van der Waals surface area contributed by atoms with Gasteiger partial charge in [-0.2, -0.15) is 5.26 Å². The fourth-order valence-electron chi connectivity index (χ4n) is 12.2. The molecule has 8 aromatic carbocycles. The molecule has 4 aliphatic rings. The van der Waals surface area contributed by atoms with Crippen LogP contribution in [0.5, 0.6) is 0 Å². The fraction of sp³-hybridized carbons (Fsp3) is 0.179. The average Bonchev–Trinajstić information content (AvgIpc) is 3.30. The molecule has 0 N–H and O–H groups in total. The van der Waals surface area contributed by atoms with Gasteiger partial charge in [-0.15, -0.1) is 0 Å². The summed E-state index contributed by atoms with van der Waals surface area (Å²) in [5, 5.41) is 16.5. The SMILES string of the molecule is N#Cc1cccc2c(-c3ccc(C45CC6CC(CC(c7ccc(-c8nc(-c9cccc%10ccccc9%10)nc(-c9cccc%10ccccc9%10)n8)cc7)(C6)C4)C5)cc3)cccc12. The quantitative estimate of drug-likeness (QED) is 0.169. The lowest BCUT2D eigenvalue weighted by molar-refractivity contribution is -0.0281. The minimum absolute atomic E-state index is 0.159. The standard InChI is InChI=1S/C56H42N4/c57-34-42-13-7-18-49-45(16-8-17-48(42)49)40-21-25-43(26-22-40)55-30-36-29-37(31-55)33-56(32-36,35-55)44-27-23-41(24-28-44)52-58-53(50-19-5-11-38-9-1-3-14-46(38)50)60-54(59-52)51-20-6-12-39-10-2-4-15-47(39)51/h1-28,36-37H,29-33,35H2. The highest BCUT2D eigenvalue weighted by atomic mass is 15.0. The van der Waals surface area contributed by atoms with E-state index < -0.39 is 0 Å². The molecule has 4 heteroatoms. The predicted octanol–water partition coefficient (Wildman–Crippen LogP) is 13.7. The summed E-state index contributed by atoms with van der Waals surface area (Å²) in [6.45, 7) is 0. The first kappa shape index (κ1) is 35.0. The Morgan fingerprint density at radius 2 is 0.867 bits per heavy atom. The molecular formula is C56H42N4. The van der Waals surface area contributed by atoms with Crippen LogP contribution in [0, 0.1) is 23.2 Å². The smallest absolute Gasteiger partial charge is 0.164 e. The van der Waals surface area contributed by atoms with Gasteiger partial charge in [0.1, 0.15) is 0 Å². The van der Waals surface area contributed by atoms with Crippen molar-refractivity contribution in [3.05, 3.63) is 187 Å². The zero-order chi connectivity index (χ0) is 39.8. The van der Waals surface area contributed by atoms with Crippen molar-refractivity contribution in [2.24, 2.45) is 11.8 Å². The summed E-state index contributed by atoms with van der Waals surface area (Å²) in [7, 11) is 0. The van der Waals surface area contributed by atoms with Crippen LogP contribution in [0.4, 0.5) is 0 Å². The largest absolute Gasteiger partial charge is 0.208 e. The van der Waals surface area contributed by atoms with Crippen LogP contribution in [0.3, 0.4) is 0 Å². The Morgan fingerprint density at radius 3 is 1.45 bits per heavy atom. The molecule has 1 heterocycles. The molecule has 60 heavy (non-hydrogen) atoms. The Hall–Kier alpha value is -6.96. The second-order valence-corrected chi connectivity index (χ2v) is 17.9. The number of aromatic nitrogens is 3. The van der Waals surface area contributed by atoms with Crippen molar-refractivity contribution in [1.82, 2.24) is 15.0 Å². The van der Waals surface area contributed by atoms with Gasteiger partial charge in [0.05, 0.1) is 11.6 Å². The second-order valence-electron chi connectivity index (χ2n) is 17.9. The lowest BCUT2D eigenvalue weighted by atomic mass is 9.41. The molecule has 2 unspecified atom stereocenters. The zero-order valence-corrected chi connectivity index (χ0v) is 33.4. The number of rotatable bonds is 6. The van der Waals surface area contributed by atoms with Gasteiger partial charge >= 0.3 is 0 Å². The third kappa shape index (κ3) is 5.60. The molecular weight excluding hydrogens is 729 g/mol. The minimum Gasteiger partial charge on any atom is -0.208 e. The van der Waals surface area contributed by atoms with Gasteiger partial charge in [0, 0.05) is 22.1 Å². The molecule has 0 saturated heterocycles. The maximum absolute atomic E-state index is 9.75. The van der Waals surface area contributed by atoms with Gasteiger partial charge in [-0.3, -0.25) is 0 Å². The molecule has 286 valence electrons. The number of fused-ring (bicyclic) bond motifs is 3. The molecule has 4 saturated carbocycles. The molecule has 0 spiro atoms. The molecule has 1 aromatic heterocycles. The molecule has 4 nitrogen and oxygen atoms in total. The van der Waals surface area contributed by atoms with Gasteiger partial charge in [0.2, 0.25) is 0 Å². The van der Waals surface area contributed by atoms with Gasteiger partial charge in [-0.05, 0) is 116 Å². The summed E-state index contributed by atoms with van der Waals surface area (Å²) in [6.07, 6.45) is 7.63. The highest BCUT2D eigenvalue weighted by Crippen LogP contribution is 2.66.